The monoisotopic (exact) mass is 281 g/mol. The van der Waals surface area contributed by atoms with Gasteiger partial charge in [0.15, 0.2) is 0 Å². The Balaban J connectivity index is 0. The first kappa shape index (κ1) is 21.1. The molecule has 0 unspecified atom stereocenters. The van der Waals surface area contributed by atoms with Gasteiger partial charge in [-0.05, 0) is 52.1 Å². The molecule has 3 heteroatoms. The summed E-state index contributed by atoms with van der Waals surface area (Å²) < 4.78 is 0. The van der Waals surface area contributed by atoms with Gasteiger partial charge in [0, 0.05) is 18.4 Å². The van der Waals surface area contributed by atoms with Gasteiger partial charge in [-0.2, -0.15) is 0 Å². The molecule has 0 saturated carbocycles. The van der Waals surface area contributed by atoms with Crippen LogP contribution in [0.2, 0.25) is 0 Å². The van der Waals surface area contributed by atoms with Crippen molar-refractivity contribution in [1.82, 2.24) is 10.2 Å². The number of nitrogens with zero attached hydrogens (tertiary/aromatic N) is 1. The summed E-state index contributed by atoms with van der Waals surface area (Å²) in [6, 6.07) is 0. The molecule has 0 fully saturated rings. The van der Waals surface area contributed by atoms with Gasteiger partial charge in [-0.1, -0.05) is 39.3 Å². The molecule has 3 nitrogen and oxygen atoms in total. The molecule has 0 aliphatic heterocycles. The molecule has 0 aromatic heterocycles. The first-order valence-corrected chi connectivity index (χ1v) is 7.64. The molecule has 0 atom stereocenters. The summed E-state index contributed by atoms with van der Waals surface area (Å²) in [5.41, 5.74) is 7.28. The normalized spacial score (nSPS) is 11.9. The average Bonchev–Trinajstić information content (AvgIpc) is 2.43. The maximum atomic E-state index is 5.53. The molecular formula is C17H35N3. The lowest BCUT2D eigenvalue weighted by molar-refractivity contribution is 0.322. The van der Waals surface area contributed by atoms with E-state index < -0.39 is 0 Å². The lowest BCUT2D eigenvalue weighted by Gasteiger charge is -2.14. The number of hydrogen-bond donors (Lipinski definition) is 2. The van der Waals surface area contributed by atoms with Crippen LogP contribution in [0, 0.1) is 0 Å². The van der Waals surface area contributed by atoms with Gasteiger partial charge in [0.25, 0.3) is 0 Å². The molecular weight excluding hydrogens is 246 g/mol. The predicted octanol–water partition coefficient (Wildman–Crippen LogP) is 3.66. The van der Waals surface area contributed by atoms with Crippen LogP contribution in [0.3, 0.4) is 0 Å². The number of unbranched alkanes of at least 4 members (excludes halogenated alkanes) is 2. The van der Waals surface area contributed by atoms with Crippen molar-refractivity contribution in [2.45, 2.75) is 46.5 Å². The van der Waals surface area contributed by atoms with Crippen molar-refractivity contribution in [3.63, 3.8) is 0 Å². The first-order chi connectivity index (χ1) is 9.51. The van der Waals surface area contributed by atoms with Crippen molar-refractivity contribution in [3.05, 3.63) is 36.2 Å². The van der Waals surface area contributed by atoms with E-state index in [4.69, 9.17) is 5.73 Å². The summed E-state index contributed by atoms with van der Waals surface area (Å²) in [4.78, 5) is 2.42. The minimum atomic E-state index is 0.710. The fraction of sp³-hybridized carbons (Fsp3) is 0.647. The van der Waals surface area contributed by atoms with Crippen molar-refractivity contribution in [1.29, 1.82) is 0 Å². The molecule has 0 aromatic carbocycles. The summed E-state index contributed by atoms with van der Waals surface area (Å²) in [6.45, 7) is 12.5. The maximum Gasteiger partial charge on any atom is 0.0330 e. The van der Waals surface area contributed by atoms with Crippen molar-refractivity contribution < 1.29 is 0 Å². The molecule has 0 radical (unpaired) electrons. The largest absolute Gasteiger partial charge is 0.399 e. The molecule has 3 N–H and O–H groups in total. The van der Waals surface area contributed by atoms with Gasteiger partial charge in [0.2, 0.25) is 0 Å². The second-order valence-electron chi connectivity index (χ2n) is 4.99. The molecule has 0 aliphatic rings. The van der Waals surface area contributed by atoms with E-state index in [1.54, 1.807) is 12.2 Å². The molecule has 0 bridgehead atoms. The van der Waals surface area contributed by atoms with Crippen LogP contribution in [0.5, 0.6) is 0 Å². The van der Waals surface area contributed by atoms with Gasteiger partial charge in [-0.15, -0.1) is 0 Å². The van der Waals surface area contributed by atoms with Crippen LogP contribution in [-0.4, -0.2) is 32.1 Å². The van der Waals surface area contributed by atoms with Gasteiger partial charge in [-0.25, -0.2) is 0 Å². The number of nitrogens with two attached hydrogens (primary N) is 1. The van der Waals surface area contributed by atoms with Crippen LogP contribution in [0.15, 0.2) is 36.2 Å². The Labute approximate surface area is 126 Å². The van der Waals surface area contributed by atoms with Crippen molar-refractivity contribution >= 4 is 0 Å². The zero-order chi connectivity index (χ0) is 15.8. The summed E-state index contributed by atoms with van der Waals surface area (Å²) >= 11 is 0. The molecule has 0 spiro atoms. The lowest BCUT2D eigenvalue weighted by atomic mass is 10.3. The van der Waals surface area contributed by atoms with E-state index in [1.807, 2.05) is 20.0 Å². The SMILES string of the molecule is C=C/C=C(N)\C=C(/C)NC.CCCCN(C)CCCC. The third-order valence-corrected chi connectivity index (χ3v) is 2.87. The van der Waals surface area contributed by atoms with E-state index in [2.05, 4.69) is 37.7 Å². The van der Waals surface area contributed by atoms with Gasteiger partial charge in [0.1, 0.15) is 0 Å². The van der Waals surface area contributed by atoms with Crippen LogP contribution in [0.1, 0.15) is 46.5 Å². The van der Waals surface area contributed by atoms with Crippen LogP contribution in [0.25, 0.3) is 0 Å². The highest BCUT2D eigenvalue weighted by molar-refractivity contribution is 5.22. The average molecular weight is 281 g/mol. The molecule has 0 rings (SSSR count). The summed E-state index contributed by atoms with van der Waals surface area (Å²) in [6.07, 6.45) is 10.6. The van der Waals surface area contributed by atoms with Crippen molar-refractivity contribution in [2.75, 3.05) is 27.2 Å². The molecule has 0 saturated heterocycles. The zero-order valence-electron chi connectivity index (χ0n) is 14.2. The number of allylic oxidation sites excluding steroid dienone is 4. The smallest absolute Gasteiger partial charge is 0.0330 e. The van der Waals surface area contributed by atoms with E-state index in [0.717, 1.165) is 5.70 Å². The second kappa shape index (κ2) is 15.8. The molecule has 0 amide bonds. The topological polar surface area (TPSA) is 41.3 Å². The van der Waals surface area contributed by atoms with E-state index in [9.17, 15) is 0 Å². The maximum absolute atomic E-state index is 5.53. The predicted molar refractivity (Wildman–Crippen MR) is 92.6 cm³/mol. The Kier molecular flexibility index (Phi) is 16.7. The third kappa shape index (κ3) is 16.8. The second-order valence-corrected chi connectivity index (χ2v) is 4.99. The van der Waals surface area contributed by atoms with E-state index in [-0.39, 0.29) is 0 Å². The molecule has 0 aromatic rings. The van der Waals surface area contributed by atoms with Gasteiger partial charge < -0.3 is 16.0 Å². The molecule has 118 valence electrons. The summed E-state index contributed by atoms with van der Waals surface area (Å²) in [5, 5.41) is 2.96. The fourth-order valence-corrected chi connectivity index (χ4v) is 1.47. The molecule has 0 heterocycles. The van der Waals surface area contributed by atoms with Gasteiger partial charge in [-0.3, -0.25) is 0 Å². The first-order valence-electron chi connectivity index (χ1n) is 7.64. The number of nitrogens with one attached hydrogen (secondary N) is 1. The van der Waals surface area contributed by atoms with E-state index in [1.165, 1.54) is 38.8 Å². The van der Waals surface area contributed by atoms with Crippen LogP contribution in [-0.2, 0) is 0 Å². The fourth-order valence-electron chi connectivity index (χ4n) is 1.47. The molecule has 0 aliphatic carbocycles. The summed E-state index contributed by atoms with van der Waals surface area (Å²) in [7, 11) is 4.07. The van der Waals surface area contributed by atoms with Gasteiger partial charge in [0.05, 0.1) is 0 Å². The van der Waals surface area contributed by atoms with Crippen LogP contribution >= 0.6 is 0 Å². The zero-order valence-corrected chi connectivity index (χ0v) is 14.2. The Bertz CT molecular complexity index is 272. The van der Waals surface area contributed by atoms with E-state index >= 15 is 0 Å². The number of hydrogen-bond acceptors (Lipinski definition) is 3. The van der Waals surface area contributed by atoms with Crippen LogP contribution < -0.4 is 11.1 Å². The minimum absolute atomic E-state index is 0.710. The van der Waals surface area contributed by atoms with Crippen molar-refractivity contribution in [3.8, 4) is 0 Å². The highest BCUT2D eigenvalue weighted by Crippen LogP contribution is 1.94. The van der Waals surface area contributed by atoms with Crippen LogP contribution in [0.4, 0.5) is 0 Å². The lowest BCUT2D eigenvalue weighted by Crippen LogP contribution is -2.20. The highest BCUT2D eigenvalue weighted by atomic mass is 15.1. The minimum Gasteiger partial charge on any atom is -0.399 e. The Morgan fingerprint density at radius 3 is 2.05 bits per heavy atom. The van der Waals surface area contributed by atoms with Crippen molar-refractivity contribution in [2.24, 2.45) is 5.73 Å². The van der Waals surface area contributed by atoms with Gasteiger partial charge >= 0.3 is 0 Å². The third-order valence-electron chi connectivity index (χ3n) is 2.87. The Morgan fingerprint density at radius 2 is 1.70 bits per heavy atom. The Morgan fingerprint density at radius 1 is 1.20 bits per heavy atom. The number of rotatable bonds is 9. The highest BCUT2D eigenvalue weighted by Gasteiger charge is 1.94. The molecule has 20 heavy (non-hydrogen) atoms. The van der Waals surface area contributed by atoms with E-state index in [0.29, 0.717) is 5.70 Å². The summed E-state index contributed by atoms with van der Waals surface area (Å²) in [5.74, 6) is 0. The standard InChI is InChI=1S/C9H21N.C8H14N2/c1-4-6-8-10(3)9-7-5-2;1-4-5-8(9)6-7(2)10-3/h4-9H2,1-3H3;4-6,10H,1,9H2,2-3H3/b;7-6+,8-5+. The Hall–Kier alpha value is -1.22. The quantitative estimate of drug-likeness (QED) is 0.634.